The van der Waals surface area contributed by atoms with E-state index in [1.54, 1.807) is 24.3 Å². The summed E-state index contributed by atoms with van der Waals surface area (Å²) in [5, 5.41) is 14.7. The fraction of sp³-hybridized carbons (Fsp3) is 0.0909. The van der Waals surface area contributed by atoms with Crippen molar-refractivity contribution in [2.75, 3.05) is 0 Å². The van der Waals surface area contributed by atoms with Gasteiger partial charge in [-0.05, 0) is 46.8 Å². The summed E-state index contributed by atoms with van der Waals surface area (Å²) in [6, 6.07) is 20.5. The predicted octanol–water partition coefficient (Wildman–Crippen LogP) is 4.87. The Balaban J connectivity index is 1.32. The number of benzene rings is 2. The Hall–Kier alpha value is -3.76. The topological polar surface area (TPSA) is 89.0 Å². The number of hydrogen-bond donors (Lipinski definition) is 0. The standard InChI is InChI=1S/C22H15N3O3S/c23-14-15-3-5-16(6-4-15)17-7-9-18(10-8-17)27-21(26)12-11-20-24-22(25-28-20)19-2-1-13-29-19/h1-10,13H,11-12H2. The molecule has 0 N–H and O–H groups in total. The first kappa shape index (κ1) is 18.6. The van der Waals surface area contributed by atoms with E-state index in [0.29, 0.717) is 29.4 Å². The van der Waals surface area contributed by atoms with E-state index in [1.807, 2.05) is 41.8 Å². The number of aromatic nitrogens is 2. The maximum atomic E-state index is 12.1. The van der Waals surface area contributed by atoms with Crippen molar-refractivity contribution in [1.82, 2.24) is 10.1 Å². The molecule has 142 valence electrons. The van der Waals surface area contributed by atoms with Crippen LogP contribution in [0.2, 0.25) is 0 Å². The van der Waals surface area contributed by atoms with Crippen LogP contribution < -0.4 is 4.74 Å². The van der Waals surface area contributed by atoms with E-state index in [4.69, 9.17) is 14.5 Å². The molecular formula is C22H15N3O3S. The SMILES string of the molecule is N#Cc1ccc(-c2ccc(OC(=O)CCc3nc(-c4cccs4)no3)cc2)cc1. The predicted molar refractivity (Wildman–Crippen MR) is 108 cm³/mol. The number of nitrogens with zero attached hydrogens (tertiary/aromatic N) is 3. The number of rotatable bonds is 6. The van der Waals surface area contributed by atoms with E-state index in [9.17, 15) is 4.79 Å². The van der Waals surface area contributed by atoms with Crippen LogP contribution >= 0.6 is 11.3 Å². The number of carbonyl (C=O) groups is 1. The Morgan fingerprint density at radius 3 is 2.45 bits per heavy atom. The number of hydrogen-bond acceptors (Lipinski definition) is 7. The van der Waals surface area contributed by atoms with Gasteiger partial charge in [-0.3, -0.25) is 4.79 Å². The highest BCUT2D eigenvalue weighted by molar-refractivity contribution is 7.13. The van der Waals surface area contributed by atoms with Crippen LogP contribution in [-0.4, -0.2) is 16.1 Å². The maximum Gasteiger partial charge on any atom is 0.311 e. The van der Waals surface area contributed by atoms with Crippen LogP contribution in [-0.2, 0) is 11.2 Å². The molecule has 0 radical (unpaired) electrons. The largest absolute Gasteiger partial charge is 0.427 e. The summed E-state index contributed by atoms with van der Waals surface area (Å²) in [5.74, 6) is 1.03. The molecule has 2 heterocycles. The van der Waals surface area contributed by atoms with Crippen LogP contribution in [0.4, 0.5) is 0 Å². The zero-order valence-electron chi connectivity index (χ0n) is 15.2. The van der Waals surface area contributed by atoms with Gasteiger partial charge < -0.3 is 9.26 Å². The molecular weight excluding hydrogens is 386 g/mol. The van der Waals surface area contributed by atoms with Gasteiger partial charge in [0.25, 0.3) is 0 Å². The van der Waals surface area contributed by atoms with E-state index in [-0.39, 0.29) is 12.4 Å². The minimum absolute atomic E-state index is 0.142. The normalized spacial score (nSPS) is 10.4. The fourth-order valence-electron chi connectivity index (χ4n) is 2.71. The van der Waals surface area contributed by atoms with Crippen LogP contribution in [0.25, 0.3) is 21.8 Å². The summed E-state index contributed by atoms with van der Waals surface area (Å²) in [7, 11) is 0. The Kier molecular flexibility index (Phi) is 5.45. The van der Waals surface area contributed by atoms with Crippen LogP contribution in [0.3, 0.4) is 0 Å². The monoisotopic (exact) mass is 401 g/mol. The molecule has 4 rings (SSSR count). The van der Waals surface area contributed by atoms with Gasteiger partial charge in [-0.1, -0.05) is 35.5 Å². The summed E-state index contributed by atoms with van der Waals surface area (Å²) in [4.78, 5) is 17.3. The Bertz CT molecular complexity index is 1140. The van der Waals surface area contributed by atoms with Crippen molar-refractivity contribution in [1.29, 1.82) is 5.26 Å². The highest BCUT2D eigenvalue weighted by Gasteiger charge is 2.12. The highest BCUT2D eigenvalue weighted by Crippen LogP contribution is 2.24. The minimum Gasteiger partial charge on any atom is -0.427 e. The molecule has 0 unspecified atom stereocenters. The molecule has 6 nitrogen and oxygen atoms in total. The van der Waals surface area contributed by atoms with Gasteiger partial charge in [0.05, 0.1) is 22.9 Å². The first-order valence-corrected chi connectivity index (χ1v) is 9.77. The molecule has 2 aromatic heterocycles. The van der Waals surface area contributed by atoms with Gasteiger partial charge in [0.1, 0.15) is 5.75 Å². The second-order valence-corrected chi connectivity index (χ2v) is 7.12. The molecule has 0 fully saturated rings. The molecule has 0 saturated carbocycles. The number of carbonyl (C=O) groups excluding carboxylic acids is 1. The Morgan fingerprint density at radius 2 is 1.79 bits per heavy atom. The second-order valence-electron chi connectivity index (χ2n) is 6.18. The molecule has 0 aliphatic carbocycles. The fourth-order valence-corrected chi connectivity index (χ4v) is 3.36. The van der Waals surface area contributed by atoms with Gasteiger partial charge in [-0.25, -0.2) is 0 Å². The second kappa shape index (κ2) is 8.50. The van der Waals surface area contributed by atoms with E-state index < -0.39 is 0 Å². The van der Waals surface area contributed by atoms with E-state index in [2.05, 4.69) is 16.2 Å². The zero-order valence-corrected chi connectivity index (χ0v) is 16.1. The van der Waals surface area contributed by atoms with Crippen LogP contribution in [0.1, 0.15) is 17.9 Å². The van der Waals surface area contributed by atoms with Gasteiger partial charge in [0.2, 0.25) is 11.7 Å². The molecule has 7 heteroatoms. The van der Waals surface area contributed by atoms with E-state index >= 15 is 0 Å². The van der Waals surface area contributed by atoms with Crippen LogP contribution in [0.15, 0.2) is 70.6 Å². The molecule has 2 aromatic carbocycles. The van der Waals surface area contributed by atoms with Crippen molar-refractivity contribution in [3.63, 3.8) is 0 Å². The lowest BCUT2D eigenvalue weighted by Crippen LogP contribution is -2.09. The number of ether oxygens (including phenoxy) is 1. The minimum atomic E-state index is -0.369. The van der Waals surface area contributed by atoms with Gasteiger partial charge >= 0.3 is 5.97 Å². The Morgan fingerprint density at radius 1 is 1.07 bits per heavy atom. The summed E-state index contributed by atoms with van der Waals surface area (Å²) in [5.41, 5.74) is 2.57. The average molecular weight is 401 g/mol. The third-order valence-electron chi connectivity index (χ3n) is 4.19. The summed E-state index contributed by atoms with van der Waals surface area (Å²) in [6.45, 7) is 0. The van der Waals surface area contributed by atoms with Crippen molar-refractivity contribution < 1.29 is 14.1 Å². The molecule has 0 amide bonds. The van der Waals surface area contributed by atoms with Crippen LogP contribution in [0, 0.1) is 11.3 Å². The van der Waals surface area contributed by atoms with Crippen molar-refractivity contribution in [2.45, 2.75) is 12.8 Å². The first-order chi connectivity index (χ1) is 14.2. The van der Waals surface area contributed by atoms with Crippen molar-refractivity contribution >= 4 is 17.3 Å². The lowest BCUT2D eigenvalue weighted by atomic mass is 10.0. The highest BCUT2D eigenvalue weighted by atomic mass is 32.1. The first-order valence-electron chi connectivity index (χ1n) is 8.89. The number of thiophene rings is 1. The van der Waals surface area contributed by atoms with Gasteiger partial charge in [-0.15, -0.1) is 11.3 Å². The third kappa shape index (κ3) is 4.57. The summed E-state index contributed by atoms with van der Waals surface area (Å²) in [6.07, 6.45) is 0.462. The zero-order chi connectivity index (χ0) is 20.1. The smallest absolute Gasteiger partial charge is 0.311 e. The lowest BCUT2D eigenvalue weighted by molar-refractivity contribution is -0.134. The molecule has 0 aliphatic heterocycles. The summed E-state index contributed by atoms with van der Waals surface area (Å²) < 4.78 is 10.6. The van der Waals surface area contributed by atoms with Crippen LogP contribution in [0.5, 0.6) is 5.75 Å². The third-order valence-corrected chi connectivity index (χ3v) is 5.05. The molecule has 0 aliphatic rings. The summed E-state index contributed by atoms with van der Waals surface area (Å²) >= 11 is 1.53. The van der Waals surface area contributed by atoms with Gasteiger partial charge in [-0.2, -0.15) is 10.2 Å². The quantitative estimate of drug-likeness (QED) is 0.338. The van der Waals surface area contributed by atoms with E-state index in [0.717, 1.165) is 16.0 Å². The number of esters is 1. The number of nitriles is 1. The molecule has 0 atom stereocenters. The van der Waals surface area contributed by atoms with Crippen molar-refractivity contribution in [2.24, 2.45) is 0 Å². The van der Waals surface area contributed by atoms with Gasteiger partial charge in [0.15, 0.2) is 0 Å². The van der Waals surface area contributed by atoms with E-state index in [1.165, 1.54) is 11.3 Å². The molecule has 29 heavy (non-hydrogen) atoms. The number of aryl methyl sites for hydroxylation is 1. The Labute approximate surface area is 171 Å². The van der Waals surface area contributed by atoms with Crippen molar-refractivity contribution in [3.05, 3.63) is 77.5 Å². The molecule has 0 spiro atoms. The lowest BCUT2D eigenvalue weighted by Gasteiger charge is -2.06. The molecule has 0 bridgehead atoms. The average Bonchev–Trinajstić information content (AvgIpc) is 3.45. The van der Waals surface area contributed by atoms with Gasteiger partial charge in [0, 0.05) is 6.42 Å². The maximum absolute atomic E-state index is 12.1. The van der Waals surface area contributed by atoms with Crippen molar-refractivity contribution in [3.8, 4) is 33.6 Å². The molecule has 4 aromatic rings. The molecule has 0 saturated heterocycles.